The van der Waals surface area contributed by atoms with Gasteiger partial charge in [0.2, 0.25) is 0 Å². The molecule has 6 aromatic carbocycles. The molecule has 0 aliphatic heterocycles. The van der Waals surface area contributed by atoms with Crippen LogP contribution in [0, 0.1) is 0 Å². The largest absolute Gasteiger partial charge is 0.308 e. The predicted octanol–water partition coefficient (Wildman–Crippen LogP) is 9.97. The molecule has 0 aliphatic rings. The van der Waals surface area contributed by atoms with Crippen LogP contribution in [0.4, 0.5) is 0 Å². The third-order valence-corrected chi connectivity index (χ3v) is 8.53. The highest BCUT2D eigenvalue weighted by atomic mass is 32.1. The fourth-order valence-electron chi connectivity index (χ4n) is 5.69. The average molecular weight is 476 g/mol. The molecule has 1 nitrogen and oxygen atoms in total. The van der Waals surface area contributed by atoms with Crippen molar-refractivity contribution in [1.82, 2.24) is 4.57 Å². The smallest absolute Gasteiger partial charge is 0.0719 e. The lowest BCUT2D eigenvalue weighted by molar-refractivity contribution is 1.19. The lowest BCUT2D eigenvalue weighted by atomic mass is 10.0. The molecule has 0 fully saturated rings. The first kappa shape index (κ1) is 19.9. The lowest BCUT2D eigenvalue weighted by Gasteiger charge is -2.11. The first-order valence-electron chi connectivity index (χ1n) is 12.3. The number of aromatic nitrogens is 1. The Bertz CT molecular complexity index is 2090. The maximum atomic E-state index is 2.47. The molecule has 0 bridgehead atoms. The highest BCUT2D eigenvalue weighted by Gasteiger charge is 2.18. The summed E-state index contributed by atoms with van der Waals surface area (Å²) in [6.45, 7) is 0. The normalized spacial score (nSPS) is 11.9. The second-order valence-electron chi connectivity index (χ2n) is 9.40. The van der Waals surface area contributed by atoms with Gasteiger partial charge in [0.15, 0.2) is 0 Å². The van der Waals surface area contributed by atoms with Crippen LogP contribution in [-0.4, -0.2) is 4.57 Å². The molecular weight excluding hydrogens is 454 g/mol. The van der Waals surface area contributed by atoms with Crippen LogP contribution in [0.5, 0.6) is 0 Å². The molecule has 36 heavy (non-hydrogen) atoms. The number of hydrogen-bond donors (Lipinski definition) is 0. The van der Waals surface area contributed by atoms with Gasteiger partial charge < -0.3 is 4.57 Å². The van der Waals surface area contributed by atoms with Crippen LogP contribution in [0.1, 0.15) is 0 Å². The van der Waals surface area contributed by atoms with Gasteiger partial charge in [-0.1, -0.05) is 97.1 Å². The van der Waals surface area contributed by atoms with E-state index in [2.05, 4.69) is 132 Å². The summed E-state index contributed by atoms with van der Waals surface area (Å²) in [5.41, 5.74) is 6.20. The number of para-hydroxylation sites is 1. The van der Waals surface area contributed by atoms with Gasteiger partial charge in [0.1, 0.15) is 0 Å². The zero-order chi connectivity index (χ0) is 23.6. The van der Waals surface area contributed by atoms with Crippen LogP contribution in [0.25, 0.3) is 69.6 Å². The van der Waals surface area contributed by atoms with Crippen LogP contribution in [-0.2, 0) is 0 Å². The molecule has 0 atom stereocenters. The van der Waals surface area contributed by atoms with Crippen LogP contribution >= 0.6 is 11.3 Å². The van der Waals surface area contributed by atoms with E-state index in [1.807, 2.05) is 11.3 Å². The van der Waals surface area contributed by atoms with E-state index in [1.165, 1.54) is 69.6 Å². The monoisotopic (exact) mass is 475 g/mol. The van der Waals surface area contributed by atoms with E-state index in [0.29, 0.717) is 0 Å². The minimum atomic E-state index is 1.19. The van der Waals surface area contributed by atoms with Gasteiger partial charge in [-0.15, -0.1) is 11.3 Å². The Morgan fingerprint density at radius 1 is 0.472 bits per heavy atom. The molecule has 0 saturated heterocycles. The lowest BCUT2D eigenvalue weighted by Crippen LogP contribution is -1.94. The molecule has 0 radical (unpaired) electrons. The molecule has 168 valence electrons. The Morgan fingerprint density at radius 2 is 1.19 bits per heavy atom. The third kappa shape index (κ3) is 2.82. The summed E-state index contributed by atoms with van der Waals surface area (Å²) < 4.78 is 5.15. The number of hydrogen-bond acceptors (Lipinski definition) is 1. The molecule has 0 unspecified atom stereocenters. The molecule has 2 heteroatoms. The van der Waals surface area contributed by atoms with Gasteiger partial charge in [0, 0.05) is 31.9 Å². The van der Waals surface area contributed by atoms with E-state index < -0.39 is 0 Å². The molecule has 0 N–H and O–H groups in total. The van der Waals surface area contributed by atoms with E-state index in [-0.39, 0.29) is 0 Å². The molecule has 2 heterocycles. The van der Waals surface area contributed by atoms with Crippen LogP contribution in [0.3, 0.4) is 0 Å². The Hall–Kier alpha value is -4.40. The average Bonchev–Trinajstić information content (AvgIpc) is 3.47. The van der Waals surface area contributed by atoms with Crippen molar-refractivity contribution in [3.63, 3.8) is 0 Å². The van der Waals surface area contributed by atoms with Crippen molar-refractivity contribution in [3.05, 3.63) is 127 Å². The van der Waals surface area contributed by atoms with Crippen LogP contribution in [0.2, 0.25) is 0 Å². The molecule has 0 saturated carbocycles. The number of rotatable bonds is 2. The van der Waals surface area contributed by atoms with Crippen molar-refractivity contribution in [2.45, 2.75) is 0 Å². The summed E-state index contributed by atoms with van der Waals surface area (Å²) in [4.78, 5) is 0. The standard InChI is InChI=1S/C34H21NS/c1-2-9-22(10-3-1)23-13-8-14-26(19-23)35-31-16-7-6-15-27(31)28-17-18-29-30-20-24-11-4-5-12-25(24)21-32(30)36-34(29)33(28)35/h1-21H. The number of fused-ring (bicyclic) bond motifs is 8. The fraction of sp³-hybridized carbons (Fsp3) is 0. The minimum absolute atomic E-state index is 1.19. The van der Waals surface area contributed by atoms with Gasteiger partial charge in [-0.3, -0.25) is 0 Å². The second-order valence-corrected chi connectivity index (χ2v) is 10.5. The Labute approximate surface area is 212 Å². The third-order valence-electron chi connectivity index (χ3n) is 7.35. The predicted molar refractivity (Wildman–Crippen MR) is 157 cm³/mol. The highest BCUT2D eigenvalue weighted by Crippen LogP contribution is 2.44. The van der Waals surface area contributed by atoms with Crippen molar-refractivity contribution >= 4 is 64.1 Å². The van der Waals surface area contributed by atoms with E-state index in [0.717, 1.165) is 0 Å². The summed E-state index contributed by atoms with van der Waals surface area (Å²) >= 11 is 1.91. The number of thiophene rings is 1. The van der Waals surface area contributed by atoms with Gasteiger partial charge in [-0.2, -0.15) is 0 Å². The van der Waals surface area contributed by atoms with Crippen molar-refractivity contribution in [2.75, 3.05) is 0 Å². The van der Waals surface area contributed by atoms with Crippen molar-refractivity contribution in [3.8, 4) is 16.8 Å². The van der Waals surface area contributed by atoms with Gasteiger partial charge in [-0.05, 0) is 52.2 Å². The first-order chi connectivity index (χ1) is 17.8. The Kier molecular flexibility index (Phi) is 4.16. The maximum Gasteiger partial charge on any atom is 0.0719 e. The Morgan fingerprint density at radius 3 is 2.08 bits per heavy atom. The highest BCUT2D eigenvalue weighted by molar-refractivity contribution is 7.26. The zero-order valence-corrected chi connectivity index (χ0v) is 20.3. The summed E-state index contributed by atoms with van der Waals surface area (Å²) in [6, 6.07) is 46.4. The van der Waals surface area contributed by atoms with E-state index in [9.17, 15) is 0 Å². The number of benzene rings is 6. The molecule has 0 amide bonds. The fourth-order valence-corrected chi connectivity index (χ4v) is 6.96. The van der Waals surface area contributed by atoms with Gasteiger partial charge in [0.05, 0.1) is 15.7 Å². The molecule has 2 aromatic heterocycles. The quantitative estimate of drug-likeness (QED) is 0.234. The molecule has 8 aromatic rings. The van der Waals surface area contributed by atoms with Gasteiger partial charge >= 0.3 is 0 Å². The van der Waals surface area contributed by atoms with Crippen LogP contribution in [0.15, 0.2) is 127 Å². The molecule has 0 aliphatic carbocycles. The summed E-state index contributed by atoms with van der Waals surface area (Å²) in [7, 11) is 0. The second kappa shape index (κ2) is 7.55. The Balaban J connectivity index is 1.51. The minimum Gasteiger partial charge on any atom is -0.308 e. The number of nitrogens with zero attached hydrogens (tertiary/aromatic N) is 1. The first-order valence-corrected chi connectivity index (χ1v) is 13.1. The van der Waals surface area contributed by atoms with Crippen molar-refractivity contribution in [2.24, 2.45) is 0 Å². The molecule has 0 spiro atoms. The van der Waals surface area contributed by atoms with E-state index in [1.54, 1.807) is 0 Å². The summed E-state index contributed by atoms with van der Waals surface area (Å²) in [5, 5.41) is 7.85. The van der Waals surface area contributed by atoms with Crippen molar-refractivity contribution < 1.29 is 0 Å². The maximum absolute atomic E-state index is 2.47. The van der Waals surface area contributed by atoms with E-state index in [4.69, 9.17) is 0 Å². The topological polar surface area (TPSA) is 4.93 Å². The van der Waals surface area contributed by atoms with Gasteiger partial charge in [-0.25, -0.2) is 0 Å². The van der Waals surface area contributed by atoms with E-state index >= 15 is 0 Å². The van der Waals surface area contributed by atoms with Crippen LogP contribution < -0.4 is 0 Å². The summed E-state index contributed by atoms with van der Waals surface area (Å²) in [6.07, 6.45) is 0. The molecule has 8 rings (SSSR count). The van der Waals surface area contributed by atoms with Gasteiger partial charge in [0.25, 0.3) is 0 Å². The summed E-state index contributed by atoms with van der Waals surface area (Å²) in [5.74, 6) is 0. The molecular formula is C34H21NS. The SMILES string of the molecule is c1ccc(-c2cccc(-n3c4ccccc4c4ccc5c6cc7ccccc7cc6sc5c43)c2)cc1. The van der Waals surface area contributed by atoms with Crippen molar-refractivity contribution in [1.29, 1.82) is 0 Å². The zero-order valence-electron chi connectivity index (χ0n) is 19.5.